The second-order valence-corrected chi connectivity index (χ2v) is 6.68. The van der Waals surface area contributed by atoms with Crippen LogP contribution in [-0.2, 0) is 17.9 Å². The molecule has 0 amide bonds. The maximum absolute atomic E-state index is 6.14. The van der Waals surface area contributed by atoms with Gasteiger partial charge in [-0.1, -0.05) is 54.2 Å². The molecule has 1 aromatic rings. The highest BCUT2D eigenvalue weighted by Crippen LogP contribution is 2.29. The van der Waals surface area contributed by atoms with Crippen LogP contribution in [0, 0.1) is 5.92 Å². The zero-order valence-electron chi connectivity index (χ0n) is 12.6. The molecule has 0 aromatic heterocycles. The molecule has 0 bridgehead atoms. The third-order valence-electron chi connectivity index (χ3n) is 4.28. The second-order valence-electron chi connectivity index (χ2n) is 5.83. The van der Waals surface area contributed by atoms with Crippen LogP contribution in [0.3, 0.4) is 0 Å². The molecule has 1 N–H and O–H groups in total. The van der Waals surface area contributed by atoms with Gasteiger partial charge in [0.2, 0.25) is 0 Å². The zero-order chi connectivity index (χ0) is 14.4. The van der Waals surface area contributed by atoms with Gasteiger partial charge in [-0.3, -0.25) is 0 Å². The normalized spacial score (nSPS) is 22.9. The Morgan fingerprint density at radius 2 is 2.20 bits per heavy atom. The molecule has 20 heavy (non-hydrogen) atoms. The molecular formula is C17H26BrNO. The predicted octanol–water partition coefficient (Wildman–Crippen LogP) is 4.65. The Labute approximate surface area is 131 Å². The van der Waals surface area contributed by atoms with Gasteiger partial charge in [-0.2, -0.15) is 0 Å². The maximum atomic E-state index is 6.14. The Kier molecular flexibility index (Phi) is 6.53. The van der Waals surface area contributed by atoms with Crippen molar-refractivity contribution in [3.63, 3.8) is 0 Å². The van der Waals surface area contributed by atoms with Crippen LogP contribution in [0.25, 0.3) is 0 Å². The van der Waals surface area contributed by atoms with E-state index in [4.69, 9.17) is 4.74 Å². The maximum Gasteiger partial charge on any atom is 0.0731 e. The first-order valence-corrected chi connectivity index (χ1v) is 8.55. The smallest absolute Gasteiger partial charge is 0.0731 e. The van der Waals surface area contributed by atoms with E-state index in [0.29, 0.717) is 6.10 Å². The summed E-state index contributed by atoms with van der Waals surface area (Å²) >= 11 is 3.66. The van der Waals surface area contributed by atoms with Gasteiger partial charge in [0, 0.05) is 11.0 Å². The highest BCUT2D eigenvalue weighted by atomic mass is 79.9. The van der Waals surface area contributed by atoms with Crippen LogP contribution in [0.15, 0.2) is 22.7 Å². The first-order valence-electron chi connectivity index (χ1n) is 7.76. The van der Waals surface area contributed by atoms with Crippen LogP contribution in [0.5, 0.6) is 0 Å². The van der Waals surface area contributed by atoms with E-state index in [1.807, 2.05) is 7.05 Å². The molecule has 0 heterocycles. The molecule has 1 aromatic carbocycles. The van der Waals surface area contributed by atoms with Gasteiger partial charge in [0.1, 0.15) is 0 Å². The molecule has 0 radical (unpaired) electrons. The molecule has 1 aliphatic carbocycles. The summed E-state index contributed by atoms with van der Waals surface area (Å²) < 4.78 is 7.30. The van der Waals surface area contributed by atoms with Crippen molar-refractivity contribution in [3.8, 4) is 0 Å². The Bertz CT molecular complexity index is 421. The average Bonchev–Trinajstić information content (AvgIpc) is 2.47. The summed E-state index contributed by atoms with van der Waals surface area (Å²) in [7, 11) is 1.97. The van der Waals surface area contributed by atoms with Crippen LogP contribution >= 0.6 is 15.9 Å². The molecule has 1 fully saturated rings. The number of hydrogen-bond acceptors (Lipinski definition) is 2. The fourth-order valence-corrected chi connectivity index (χ4v) is 3.53. The van der Waals surface area contributed by atoms with Crippen molar-refractivity contribution in [1.29, 1.82) is 0 Å². The van der Waals surface area contributed by atoms with Crippen molar-refractivity contribution in [3.05, 3.63) is 33.8 Å². The summed E-state index contributed by atoms with van der Waals surface area (Å²) in [5.74, 6) is 0.871. The zero-order valence-corrected chi connectivity index (χ0v) is 14.2. The Morgan fingerprint density at radius 3 is 2.90 bits per heavy atom. The summed E-state index contributed by atoms with van der Waals surface area (Å²) in [5, 5.41) is 3.17. The number of ether oxygens (including phenoxy) is 1. The minimum atomic E-state index is 0.456. The Balaban J connectivity index is 1.87. The number of hydrogen-bond donors (Lipinski definition) is 1. The predicted molar refractivity (Wildman–Crippen MR) is 87.7 cm³/mol. The van der Waals surface area contributed by atoms with Crippen molar-refractivity contribution in [2.45, 2.75) is 58.3 Å². The van der Waals surface area contributed by atoms with E-state index in [1.54, 1.807) is 0 Å². The van der Waals surface area contributed by atoms with Crippen molar-refractivity contribution in [1.82, 2.24) is 5.32 Å². The quantitative estimate of drug-likeness (QED) is 0.814. The lowest BCUT2D eigenvalue weighted by Crippen LogP contribution is -2.22. The third-order valence-corrected chi connectivity index (χ3v) is 5.02. The fraction of sp³-hybridized carbons (Fsp3) is 0.647. The van der Waals surface area contributed by atoms with Crippen LogP contribution in [0.1, 0.15) is 50.2 Å². The fourth-order valence-electron chi connectivity index (χ4n) is 2.99. The number of halogens is 1. The summed E-state index contributed by atoms with van der Waals surface area (Å²) in [6.45, 7) is 3.92. The van der Waals surface area contributed by atoms with E-state index in [9.17, 15) is 0 Å². The minimum Gasteiger partial charge on any atom is -0.373 e. The monoisotopic (exact) mass is 339 g/mol. The summed E-state index contributed by atoms with van der Waals surface area (Å²) in [6.07, 6.45) is 6.93. The van der Waals surface area contributed by atoms with Crippen LogP contribution in [-0.4, -0.2) is 13.2 Å². The van der Waals surface area contributed by atoms with E-state index in [-0.39, 0.29) is 0 Å². The van der Waals surface area contributed by atoms with E-state index < -0.39 is 0 Å². The highest BCUT2D eigenvalue weighted by molar-refractivity contribution is 9.10. The summed E-state index contributed by atoms with van der Waals surface area (Å²) in [6, 6.07) is 6.54. The van der Waals surface area contributed by atoms with Crippen LogP contribution in [0.4, 0.5) is 0 Å². The average molecular weight is 340 g/mol. The molecule has 0 spiro atoms. The van der Waals surface area contributed by atoms with Gasteiger partial charge in [-0.05, 0) is 43.0 Å². The van der Waals surface area contributed by atoms with E-state index in [2.05, 4.69) is 46.4 Å². The van der Waals surface area contributed by atoms with Gasteiger partial charge in [0.15, 0.2) is 0 Å². The van der Waals surface area contributed by atoms with Gasteiger partial charge < -0.3 is 10.1 Å². The Hall–Kier alpha value is -0.380. The molecular weight excluding hydrogens is 314 g/mol. The van der Waals surface area contributed by atoms with Crippen molar-refractivity contribution in [2.24, 2.45) is 5.92 Å². The van der Waals surface area contributed by atoms with Crippen LogP contribution < -0.4 is 5.32 Å². The summed E-state index contributed by atoms with van der Waals surface area (Å²) in [4.78, 5) is 0. The molecule has 2 rings (SSSR count). The van der Waals surface area contributed by atoms with E-state index >= 15 is 0 Å². The topological polar surface area (TPSA) is 21.3 Å². The van der Waals surface area contributed by atoms with Gasteiger partial charge in [0.25, 0.3) is 0 Å². The lowest BCUT2D eigenvalue weighted by atomic mass is 9.85. The van der Waals surface area contributed by atoms with Gasteiger partial charge in [0.05, 0.1) is 12.7 Å². The Morgan fingerprint density at radius 1 is 1.35 bits per heavy atom. The molecule has 2 atom stereocenters. The molecule has 0 saturated heterocycles. The molecule has 1 aliphatic rings. The number of benzene rings is 1. The lowest BCUT2D eigenvalue weighted by Gasteiger charge is -2.28. The van der Waals surface area contributed by atoms with Crippen molar-refractivity contribution < 1.29 is 4.74 Å². The van der Waals surface area contributed by atoms with E-state index in [1.165, 1.54) is 43.2 Å². The standard InChI is InChI=1S/C17H26BrNO/c1-3-13-5-4-6-16(9-13)20-12-15-8-7-14(11-19-2)10-17(15)18/h7-8,10,13,16,19H,3-6,9,11-12H2,1-2H3. The SMILES string of the molecule is CCC1CCCC(OCc2ccc(CNC)cc2Br)C1. The van der Waals surface area contributed by atoms with Gasteiger partial charge in [-0.15, -0.1) is 0 Å². The first kappa shape index (κ1) is 16.0. The molecule has 2 nitrogen and oxygen atoms in total. The van der Waals surface area contributed by atoms with Crippen molar-refractivity contribution >= 4 is 15.9 Å². The van der Waals surface area contributed by atoms with Crippen LogP contribution in [0.2, 0.25) is 0 Å². The summed E-state index contributed by atoms with van der Waals surface area (Å²) in [5.41, 5.74) is 2.55. The van der Waals surface area contributed by atoms with Gasteiger partial charge in [-0.25, -0.2) is 0 Å². The second kappa shape index (κ2) is 8.16. The van der Waals surface area contributed by atoms with E-state index in [0.717, 1.165) is 23.5 Å². The van der Waals surface area contributed by atoms with Crippen molar-refractivity contribution in [2.75, 3.05) is 7.05 Å². The molecule has 3 heteroatoms. The number of rotatable bonds is 6. The molecule has 1 saturated carbocycles. The third kappa shape index (κ3) is 4.57. The molecule has 0 aliphatic heterocycles. The number of nitrogens with one attached hydrogen (secondary N) is 1. The molecule has 2 unspecified atom stereocenters. The lowest BCUT2D eigenvalue weighted by molar-refractivity contribution is 0.00153. The largest absolute Gasteiger partial charge is 0.373 e. The minimum absolute atomic E-state index is 0.456. The van der Waals surface area contributed by atoms with Gasteiger partial charge >= 0.3 is 0 Å². The molecule has 112 valence electrons. The highest BCUT2D eigenvalue weighted by Gasteiger charge is 2.21. The first-order chi connectivity index (χ1) is 9.72.